The van der Waals surface area contributed by atoms with Crippen molar-refractivity contribution in [3.8, 4) is 0 Å². The van der Waals surface area contributed by atoms with Crippen LogP contribution in [0, 0.1) is 0 Å². The van der Waals surface area contributed by atoms with Crippen LogP contribution in [0.1, 0.15) is 34.6 Å². The van der Waals surface area contributed by atoms with Gasteiger partial charge < -0.3 is 29.2 Å². The number of carbonyl (C=O) groups is 6. The van der Waals surface area contributed by atoms with Crippen molar-refractivity contribution in [3.05, 3.63) is 83.4 Å². The standard InChI is InChI=1S/C24H18O12/c1-3-15-9-11-23(35-15,19(27)28)21(31)33-17(25)13-5-7-14(8-6-13)18(26)34-22(32)24(20(29)30)12-10-16(4-2)36-24/h3-12H,1-2H3,(H,27,28)(H,29,30). The average molecular weight is 498 g/mol. The summed E-state index contributed by atoms with van der Waals surface area (Å²) in [5.41, 5.74) is -5.57. The van der Waals surface area contributed by atoms with Crippen LogP contribution in [0.25, 0.3) is 0 Å². The van der Waals surface area contributed by atoms with E-state index < -0.39 is 47.0 Å². The molecule has 0 aliphatic carbocycles. The van der Waals surface area contributed by atoms with Gasteiger partial charge in [-0.25, -0.2) is 28.8 Å². The van der Waals surface area contributed by atoms with Crippen LogP contribution in [0.3, 0.4) is 0 Å². The third-order valence-electron chi connectivity index (χ3n) is 5.06. The molecule has 2 N–H and O–H groups in total. The van der Waals surface area contributed by atoms with E-state index in [1.54, 1.807) is 13.8 Å². The van der Waals surface area contributed by atoms with Crippen LogP contribution in [0.5, 0.6) is 0 Å². The first-order chi connectivity index (χ1) is 17.0. The fourth-order valence-electron chi connectivity index (χ4n) is 3.02. The first-order valence-corrected chi connectivity index (χ1v) is 10.2. The molecule has 2 aliphatic rings. The van der Waals surface area contributed by atoms with Crippen molar-refractivity contribution in [2.24, 2.45) is 0 Å². The number of aliphatic carboxylic acids is 2. The second-order valence-corrected chi connectivity index (χ2v) is 7.27. The molecule has 12 nitrogen and oxygen atoms in total. The van der Waals surface area contributed by atoms with E-state index in [0.29, 0.717) is 0 Å². The van der Waals surface area contributed by atoms with Crippen LogP contribution in [0.15, 0.2) is 72.2 Å². The van der Waals surface area contributed by atoms with Crippen LogP contribution in [-0.4, -0.2) is 57.2 Å². The topological polar surface area (TPSA) is 180 Å². The number of esters is 4. The SMILES string of the molecule is CC=C1C=CC(C(=O)O)(C(=O)OC(=O)c2ccc(C(=O)OC(=O)C3(C(=O)O)C=CC(=CC)O3)cc2)O1. The summed E-state index contributed by atoms with van der Waals surface area (Å²) in [6.07, 6.45) is 7.16. The van der Waals surface area contributed by atoms with Crippen molar-refractivity contribution < 1.29 is 57.9 Å². The molecule has 0 bridgehead atoms. The molecule has 2 atom stereocenters. The second-order valence-electron chi connectivity index (χ2n) is 7.27. The van der Waals surface area contributed by atoms with Gasteiger partial charge in [0, 0.05) is 0 Å². The minimum Gasteiger partial charge on any atom is -0.478 e. The van der Waals surface area contributed by atoms with E-state index in [2.05, 4.69) is 9.47 Å². The lowest BCUT2D eigenvalue weighted by atomic mass is 10.1. The quantitative estimate of drug-likeness (QED) is 0.429. The van der Waals surface area contributed by atoms with Gasteiger partial charge in [0.2, 0.25) is 0 Å². The molecule has 2 heterocycles. The lowest BCUT2D eigenvalue weighted by molar-refractivity contribution is -0.172. The highest BCUT2D eigenvalue weighted by molar-refractivity contribution is 6.12. The predicted molar refractivity (Wildman–Crippen MR) is 116 cm³/mol. The molecule has 0 fully saturated rings. The van der Waals surface area contributed by atoms with Crippen LogP contribution in [0.2, 0.25) is 0 Å². The van der Waals surface area contributed by atoms with Gasteiger partial charge in [-0.2, -0.15) is 0 Å². The van der Waals surface area contributed by atoms with Crippen molar-refractivity contribution >= 4 is 35.8 Å². The maximum atomic E-state index is 12.4. The van der Waals surface area contributed by atoms with Crippen molar-refractivity contribution in [1.82, 2.24) is 0 Å². The summed E-state index contributed by atoms with van der Waals surface area (Å²) in [5, 5.41) is 18.8. The van der Waals surface area contributed by atoms with Gasteiger partial charge in [0.1, 0.15) is 11.5 Å². The Morgan fingerprint density at radius 3 is 1.28 bits per heavy atom. The number of rotatable bonds is 6. The average Bonchev–Trinajstić information content (AvgIpc) is 3.50. The fraction of sp³-hybridized carbons (Fsp3) is 0.167. The number of ether oxygens (including phenoxy) is 4. The smallest absolute Gasteiger partial charge is 0.374 e. The normalized spacial score (nSPS) is 24.2. The van der Waals surface area contributed by atoms with Gasteiger partial charge >= 0.3 is 47.0 Å². The number of carboxylic acid groups (broad SMARTS) is 2. The number of hydrogen-bond donors (Lipinski definition) is 2. The molecule has 1 aromatic carbocycles. The van der Waals surface area contributed by atoms with E-state index >= 15 is 0 Å². The van der Waals surface area contributed by atoms with Gasteiger partial charge in [-0.1, -0.05) is 0 Å². The molecule has 0 saturated carbocycles. The van der Waals surface area contributed by atoms with Gasteiger partial charge in [0.15, 0.2) is 0 Å². The van der Waals surface area contributed by atoms with E-state index in [4.69, 9.17) is 9.47 Å². The van der Waals surface area contributed by atoms with Crippen molar-refractivity contribution in [2.75, 3.05) is 0 Å². The molecule has 2 unspecified atom stereocenters. The first kappa shape index (κ1) is 25.6. The zero-order valence-corrected chi connectivity index (χ0v) is 18.8. The molecule has 12 heteroatoms. The van der Waals surface area contributed by atoms with Gasteiger partial charge in [-0.15, -0.1) is 0 Å². The predicted octanol–water partition coefficient (Wildman–Crippen LogP) is 1.68. The molecular formula is C24H18O12. The van der Waals surface area contributed by atoms with Crippen LogP contribution >= 0.6 is 0 Å². The Kier molecular flexibility index (Phi) is 6.90. The molecule has 0 saturated heterocycles. The lowest BCUT2D eigenvalue weighted by Crippen LogP contribution is -2.47. The maximum absolute atomic E-state index is 12.4. The van der Waals surface area contributed by atoms with E-state index in [9.17, 15) is 39.0 Å². The van der Waals surface area contributed by atoms with Gasteiger partial charge in [-0.3, -0.25) is 0 Å². The Labute approximate surface area is 202 Å². The van der Waals surface area contributed by atoms with E-state index in [0.717, 1.165) is 36.4 Å². The monoisotopic (exact) mass is 498 g/mol. The molecule has 0 radical (unpaired) electrons. The van der Waals surface area contributed by atoms with Crippen LogP contribution in [0.4, 0.5) is 0 Å². The van der Waals surface area contributed by atoms with Crippen molar-refractivity contribution in [1.29, 1.82) is 0 Å². The Morgan fingerprint density at radius 2 is 1.03 bits per heavy atom. The Hall–Kier alpha value is -5.00. The zero-order chi connectivity index (χ0) is 26.7. The van der Waals surface area contributed by atoms with Crippen LogP contribution in [-0.2, 0) is 38.1 Å². The molecule has 3 rings (SSSR count). The first-order valence-electron chi connectivity index (χ1n) is 10.2. The largest absolute Gasteiger partial charge is 0.478 e. The fourth-order valence-corrected chi connectivity index (χ4v) is 3.02. The Bertz CT molecular complexity index is 1180. The number of hydrogen-bond acceptors (Lipinski definition) is 10. The summed E-state index contributed by atoms with van der Waals surface area (Å²) in [6, 6.07) is 4.18. The highest BCUT2D eigenvalue weighted by Crippen LogP contribution is 2.29. The highest BCUT2D eigenvalue weighted by Gasteiger charge is 2.53. The third kappa shape index (κ3) is 4.51. The summed E-state index contributed by atoms with van der Waals surface area (Å²) in [5.74, 6) is -8.69. The molecule has 2 aliphatic heterocycles. The number of carbonyl (C=O) groups excluding carboxylic acids is 4. The third-order valence-corrected chi connectivity index (χ3v) is 5.06. The lowest BCUT2D eigenvalue weighted by Gasteiger charge is -2.20. The second kappa shape index (κ2) is 9.70. The summed E-state index contributed by atoms with van der Waals surface area (Å²) in [4.78, 5) is 72.7. The minimum absolute atomic E-state index is 0.0873. The minimum atomic E-state index is -2.54. The number of allylic oxidation sites excluding steroid dienone is 4. The summed E-state index contributed by atoms with van der Waals surface area (Å²) in [6.45, 7) is 3.10. The molecule has 1 aromatic rings. The zero-order valence-electron chi connectivity index (χ0n) is 18.8. The molecule has 186 valence electrons. The van der Waals surface area contributed by atoms with Gasteiger partial charge in [-0.05, 0) is 74.6 Å². The molecular weight excluding hydrogens is 480 g/mol. The van der Waals surface area contributed by atoms with E-state index in [1.807, 2.05) is 0 Å². The van der Waals surface area contributed by atoms with Crippen LogP contribution < -0.4 is 0 Å². The summed E-state index contributed by atoms with van der Waals surface area (Å²) >= 11 is 0. The molecule has 0 amide bonds. The van der Waals surface area contributed by atoms with Crippen molar-refractivity contribution in [2.45, 2.75) is 25.0 Å². The Balaban J connectivity index is 1.69. The van der Waals surface area contributed by atoms with E-state index in [-0.39, 0.29) is 22.6 Å². The summed E-state index contributed by atoms with van der Waals surface area (Å²) in [7, 11) is 0. The molecule has 0 aromatic heterocycles. The van der Waals surface area contributed by atoms with Gasteiger partial charge in [0.25, 0.3) is 0 Å². The number of benzene rings is 1. The highest BCUT2D eigenvalue weighted by atomic mass is 16.6. The summed E-state index contributed by atoms with van der Waals surface area (Å²) < 4.78 is 19.5. The molecule has 0 spiro atoms. The number of carboxylic acids is 2. The maximum Gasteiger partial charge on any atom is 0.374 e. The van der Waals surface area contributed by atoms with E-state index in [1.165, 1.54) is 24.3 Å². The van der Waals surface area contributed by atoms with Gasteiger partial charge in [0.05, 0.1) is 11.1 Å². The molecule has 36 heavy (non-hydrogen) atoms. The Morgan fingerprint density at radius 1 is 0.694 bits per heavy atom. The van der Waals surface area contributed by atoms with Crippen molar-refractivity contribution in [3.63, 3.8) is 0 Å².